The van der Waals surface area contributed by atoms with Gasteiger partial charge in [0.15, 0.2) is 0 Å². The summed E-state index contributed by atoms with van der Waals surface area (Å²) in [5.41, 5.74) is 3.43. The van der Waals surface area contributed by atoms with Crippen LogP contribution in [-0.4, -0.2) is 35.4 Å². The average molecular weight is 419 g/mol. The monoisotopic (exact) mass is 419 g/mol. The standard InChI is InChI=1S/C23H25N5O3/c1-31-21-14-19(8-9-20(21)28-12-3-7-22(28)29)26-23(30)24-15-17-5-2-6-18(13-17)16-27-11-4-10-25-27/h2,4-6,8-11,13-14H,3,7,12,15-16H2,1H3,(H2,24,26,30). The van der Waals surface area contributed by atoms with Crippen LogP contribution in [0.2, 0.25) is 0 Å². The molecule has 4 rings (SSSR count). The maximum atomic E-state index is 12.4. The van der Waals surface area contributed by atoms with Crippen molar-refractivity contribution < 1.29 is 14.3 Å². The third-order valence-electron chi connectivity index (χ3n) is 5.15. The summed E-state index contributed by atoms with van der Waals surface area (Å²) in [4.78, 5) is 26.1. The van der Waals surface area contributed by atoms with Crippen molar-refractivity contribution in [2.75, 3.05) is 23.9 Å². The van der Waals surface area contributed by atoms with Crippen molar-refractivity contribution in [1.82, 2.24) is 15.1 Å². The summed E-state index contributed by atoms with van der Waals surface area (Å²) in [6.45, 7) is 1.76. The van der Waals surface area contributed by atoms with Crippen LogP contribution in [-0.2, 0) is 17.9 Å². The first-order valence-corrected chi connectivity index (χ1v) is 10.2. The smallest absolute Gasteiger partial charge is 0.319 e. The fraction of sp³-hybridized carbons (Fsp3) is 0.261. The number of amides is 3. The molecule has 0 bridgehead atoms. The predicted octanol–water partition coefficient (Wildman–Crippen LogP) is 3.39. The van der Waals surface area contributed by atoms with Gasteiger partial charge < -0.3 is 20.3 Å². The van der Waals surface area contributed by atoms with E-state index in [0.29, 0.717) is 37.5 Å². The maximum absolute atomic E-state index is 12.4. The molecule has 8 nitrogen and oxygen atoms in total. The molecule has 1 aliphatic rings. The van der Waals surface area contributed by atoms with E-state index in [0.717, 1.165) is 23.2 Å². The lowest BCUT2D eigenvalue weighted by Gasteiger charge is -2.19. The van der Waals surface area contributed by atoms with Crippen molar-refractivity contribution in [1.29, 1.82) is 0 Å². The van der Waals surface area contributed by atoms with E-state index in [1.54, 1.807) is 36.4 Å². The van der Waals surface area contributed by atoms with E-state index in [9.17, 15) is 9.59 Å². The second-order valence-electron chi connectivity index (χ2n) is 7.37. The first kappa shape index (κ1) is 20.5. The molecule has 2 heterocycles. The number of methoxy groups -OCH3 is 1. The van der Waals surface area contributed by atoms with Crippen LogP contribution in [0.4, 0.5) is 16.2 Å². The number of rotatable bonds is 7. The van der Waals surface area contributed by atoms with Gasteiger partial charge in [0.25, 0.3) is 0 Å². The summed E-state index contributed by atoms with van der Waals surface area (Å²) >= 11 is 0. The Bertz CT molecular complexity index is 1060. The number of nitrogens with zero attached hydrogens (tertiary/aromatic N) is 3. The highest BCUT2D eigenvalue weighted by molar-refractivity contribution is 5.97. The summed E-state index contributed by atoms with van der Waals surface area (Å²) < 4.78 is 7.29. The molecular weight excluding hydrogens is 394 g/mol. The Morgan fingerprint density at radius 2 is 2.03 bits per heavy atom. The van der Waals surface area contributed by atoms with Crippen molar-refractivity contribution in [3.63, 3.8) is 0 Å². The molecule has 0 radical (unpaired) electrons. The number of anilines is 2. The average Bonchev–Trinajstić information content (AvgIpc) is 3.44. The number of ether oxygens (including phenoxy) is 1. The number of urea groups is 1. The van der Waals surface area contributed by atoms with Crippen LogP contribution in [0.25, 0.3) is 0 Å². The van der Waals surface area contributed by atoms with Crippen molar-refractivity contribution in [3.05, 3.63) is 72.1 Å². The summed E-state index contributed by atoms with van der Waals surface area (Å²) in [6, 6.07) is 14.9. The molecule has 160 valence electrons. The molecule has 0 spiro atoms. The number of nitrogens with one attached hydrogen (secondary N) is 2. The molecule has 1 saturated heterocycles. The number of carbonyl (C=O) groups is 2. The number of carbonyl (C=O) groups excluding carboxylic acids is 2. The third kappa shape index (κ3) is 5.03. The van der Waals surface area contributed by atoms with E-state index in [1.165, 1.54) is 0 Å². The van der Waals surface area contributed by atoms with Crippen LogP contribution in [0, 0.1) is 0 Å². The van der Waals surface area contributed by atoms with Crippen molar-refractivity contribution in [2.24, 2.45) is 0 Å². The van der Waals surface area contributed by atoms with Gasteiger partial charge in [0.1, 0.15) is 5.75 Å². The lowest BCUT2D eigenvalue weighted by Crippen LogP contribution is -2.28. The van der Waals surface area contributed by atoms with E-state index in [1.807, 2.05) is 41.2 Å². The molecule has 1 aliphatic heterocycles. The number of hydrogen-bond donors (Lipinski definition) is 2. The first-order valence-electron chi connectivity index (χ1n) is 10.2. The highest BCUT2D eigenvalue weighted by Gasteiger charge is 2.24. The Kier molecular flexibility index (Phi) is 6.16. The van der Waals surface area contributed by atoms with Crippen LogP contribution >= 0.6 is 0 Å². The molecule has 3 aromatic rings. The van der Waals surface area contributed by atoms with Crippen LogP contribution in [0.3, 0.4) is 0 Å². The highest BCUT2D eigenvalue weighted by Crippen LogP contribution is 2.33. The van der Waals surface area contributed by atoms with Gasteiger partial charge in [0.05, 0.1) is 19.3 Å². The summed E-state index contributed by atoms with van der Waals surface area (Å²) in [5.74, 6) is 0.644. The number of hydrogen-bond acceptors (Lipinski definition) is 4. The van der Waals surface area contributed by atoms with Crippen molar-refractivity contribution >= 4 is 23.3 Å². The van der Waals surface area contributed by atoms with Gasteiger partial charge in [-0.15, -0.1) is 0 Å². The van der Waals surface area contributed by atoms with Gasteiger partial charge in [0, 0.05) is 43.7 Å². The second-order valence-corrected chi connectivity index (χ2v) is 7.37. The summed E-state index contributed by atoms with van der Waals surface area (Å²) in [5, 5.41) is 9.91. The Balaban J connectivity index is 1.35. The van der Waals surface area contributed by atoms with E-state index >= 15 is 0 Å². The van der Waals surface area contributed by atoms with E-state index in [2.05, 4.69) is 15.7 Å². The summed E-state index contributed by atoms with van der Waals surface area (Å²) in [6.07, 6.45) is 5.06. The second kappa shape index (κ2) is 9.34. The molecule has 1 fully saturated rings. The van der Waals surface area contributed by atoms with E-state index < -0.39 is 0 Å². The Hall–Kier alpha value is -3.81. The van der Waals surface area contributed by atoms with Gasteiger partial charge in [-0.3, -0.25) is 9.48 Å². The van der Waals surface area contributed by atoms with Gasteiger partial charge in [-0.1, -0.05) is 24.3 Å². The van der Waals surface area contributed by atoms with Gasteiger partial charge in [-0.25, -0.2) is 4.79 Å². The SMILES string of the molecule is COc1cc(NC(=O)NCc2cccc(Cn3cccn3)c2)ccc1N1CCCC1=O. The minimum atomic E-state index is -0.315. The van der Waals surface area contributed by atoms with Gasteiger partial charge in [-0.05, 0) is 35.7 Å². The van der Waals surface area contributed by atoms with Gasteiger partial charge in [-0.2, -0.15) is 5.10 Å². The minimum absolute atomic E-state index is 0.0894. The van der Waals surface area contributed by atoms with Crippen LogP contribution in [0.5, 0.6) is 5.75 Å². The molecule has 0 aliphatic carbocycles. The van der Waals surface area contributed by atoms with Crippen LogP contribution < -0.4 is 20.3 Å². The highest BCUT2D eigenvalue weighted by atomic mass is 16.5. The molecule has 2 N–H and O–H groups in total. The quantitative estimate of drug-likeness (QED) is 0.614. The Labute approximate surface area is 180 Å². The number of benzene rings is 2. The zero-order valence-corrected chi connectivity index (χ0v) is 17.4. The van der Waals surface area contributed by atoms with Crippen molar-refractivity contribution in [3.8, 4) is 5.75 Å². The molecule has 0 unspecified atom stereocenters. The largest absolute Gasteiger partial charge is 0.494 e. The summed E-state index contributed by atoms with van der Waals surface area (Å²) in [7, 11) is 1.56. The van der Waals surface area contributed by atoms with Crippen LogP contribution in [0.15, 0.2) is 60.9 Å². The lowest BCUT2D eigenvalue weighted by molar-refractivity contribution is -0.117. The zero-order valence-electron chi connectivity index (χ0n) is 17.4. The normalized spacial score (nSPS) is 13.3. The molecular formula is C23H25N5O3. The minimum Gasteiger partial charge on any atom is -0.494 e. The Morgan fingerprint density at radius 3 is 2.77 bits per heavy atom. The molecule has 8 heteroatoms. The lowest BCUT2D eigenvalue weighted by atomic mass is 10.1. The number of aromatic nitrogens is 2. The molecule has 31 heavy (non-hydrogen) atoms. The Morgan fingerprint density at radius 1 is 1.16 bits per heavy atom. The maximum Gasteiger partial charge on any atom is 0.319 e. The zero-order chi connectivity index (χ0) is 21.6. The van der Waals surface area contributed by atoms with E-state index in [4.69, 9.17) is 4.74 Å². The van der Waals surface area contributed by atoms with Gasteiger partial charge >= 0.3 is 6.03 Å². The fourth-order valence-corrected chi connectivity index (χ4v) is 3.66. The van der Waals surface area contributed by atoms with Crippen molar-refractivity contribution in [2.45, 2.75) is 25.9 Å². The first-order chi connectivity index (χ1) is 15.1. The fourth-order valence-electron chi connectivity index (χ4n) is 3.66. The van der Waals surface area contributed by atoms with Gasteiger partial charge in [0.2, 0.25) is 5.91 Å². The van der Waals surface area contributed by atoms with E-state index in [-0.39, 0.29) is 11.9 Å². The molecule has 1 aromatic heterocycles. The molecule has 3 amide bonds. The molecule has 0 atom stereocenters. The predicted molar refractivity (Wildman–Crippen MR) is 118 cm³/mol. The topological polar surface area (TPSA) is 88.5 Å². The van der Waals surface area contributed by atoms with Crippen LogP contribution in [0.1, 0.15) is 24.0 Å². The third-order valence-corrected chi connectivity index (χ3v) is 5.15. The molecule has 2 aromatic carbocycles. The molecule has 0 saturated carbocycles.